The number of hydrogen-bond acceptors (Lipinski definition) is 3. The summed E-state index contributed by atoms with van der Waals surface area (Å²) in [5.41, 5.74) is 0. The lowest BCUT2D eigenvalue weighted by Gasteiger charge is -2.35. The molecule has 1 N–H and O–H groups in total. The zero-order valence-electron chi connectivity index (χ0n) is 10.6. The monoisotopic (exact) mass is 214 g/mol. The van der Waals surface area contributed by atoms with Crippen molar-refractivity contribution < 1.29 is 4.74 Å². The van der Waals surface area contributed by atoms with Crippen molar-refractivity contribution in [1.29, 1.82) is 0 Å². The topological polar surface area (TPSA) is 24.5 Å². The van der Waals surface area contributed by atoms with Gasteiger partial charge in [0.25, 0.3) is 0 Å². The first kappa shape index (κ1) is 12.9. The Balaban J connectivity index is 2.34. The van der Waals surface area contributed by atoms with Gasteiger partial charge in [-0.2, -0.15) is 0 Å². The van der Waals surface area contributed by atoms with Crippen molar-refractivity contribution in [2.75, 3.05) is 26.3 Å². The van der Waals surface area contributed by atoms with Crippen LogP contribution in [0.25, 0.3) is 0 Å². The number of hydrogen-bond donors (Lipinski definition) is 1. The molecule has 0 aromatic rings. The predicted molar refractivity (Wildman–Crippen MR) is 64.2 cm³/mol. The van der Waals surface area contributed by atoms with Gasteiger partial charge in [0, 0.05) is 24.7 Å². The molecule has 0 spiro atoms. The molecule has 0 aromatic carbocycles. The molecule has 1 aliphatic heterocycles. The first-order chi connectivity index (χ1) is 7.15. The fourth-order valence-corrected chi connectivity index (χ4v) is 2.50. The van der Waals surface area contributed by atoms with Crippen molar-refractivity contribution in [3.8, 4) is 0 Å². The molecule has 0 amide bonds. The van der Waals surface area contributed by atoms with Crippen LogP contribution in [-0.4, -0.2) is 49.3 Å². The summed E-state index contributed by atoms with van der Waals surface area (Å²) in [6.07, 6.45) is 1.19. The van der Waals surface area contributed by atoms with E-state index < -0.39 is 0 Å². The summed E-state index contributed by atoms with van der Waals surface area (Å²) in [5, 5.41) is 3.52. The summed E-state index contributed by atoms with van der Waals surface area (Å²) in [4.78, 5) is 2.54. The standard InChI is InChI=1S/C12H26N2O/c1-5-14(10(2)3)11(4)8-12-9-15-7-6-13-12/h10-13H,5-9H2,1-4H3. The van der Waals surface area contributed by atoms with E-state index in [2.05, 4.69) is 37.9 Å². The number of ether oxygens (including phenoxy) is 1. The quantitative estimate of drug-likeness (QED) is 0.750. The molecule has 1 heterocycles. The third-order valence-electron chi connectivity index (χ3n) is 3.22. The molecule has 0 aliphatic carbocycles. The lowest BCUT2D eigenvalue weighted by molar-refractivity contribution is 0.0585. The second-order valence-electron chi connectivity index (χ2n) is 4.73. The van der Waals surface area contributed by atoms with Crippen LogP contribution in [-0.2, 0) is 4.74 Å². The highest BCUT2D eigenvalue weighted by molar-refractivity contribution is 4.78. The molecular formula is C12H26N2O. The van der Waals surface area contributed by atoms with Gasteiger partial charge in [0.15, 0.2) is 0 Å². The highest BCUT2D eigenvalue weighted by Gasteiger charge is 2.21. The normalized spacial score (nSPS) is 24.8. The van der Waals surface area contributed by atoms with Crippen LogP contribution in [0.3, 0.4) is 0 Å². The van der Waals surface area contributed by atoms with E-state index in [-0.39, 0.29) is 0 Å². The Bertz CT molecular complexity index is 167. The van der Waals surface area contributed by atoms with Gasteiger partial charge >= 0.3 is 0 Å². The molecular weight excluding hydrogens is 188 g/mol. The predicted octanol–water partition coefficient (Wildman–Crippen LogP) is 1.48. The van der Waals surface area contributed by atoms with Gasteiger partial charge in [-0.05, 0) is 33.7 Å². The third-order valence-corrected chi connectivity index (χ3v) is 3.22. The van der Waals surface area contributed by atoms with E-state index in [0.717, 1.165) is 26.3 Å². The molecule has 1 aliphatic rings. The van der Waals surface area contributed by atoms with Gasteiger partial charge in [-0.1, -0.05) is 6.92 Å². The summed E-state index contributed by atoms with van der Waals surface area (Å²) in [6, 6.07) is 1.81. The fraction of sp³-hybridized carbons (Fsp3) is 1.00. The van der Waals surface area contributed by atoms with Crippen LogP contribution < -0.4 is 5.32 Å². The van der Waals surface area contributed by atoms with Crippen molar-refractivity contribution >= 4 is 0 Å². The molecule has 1 fully saturated rings. The Morgan fingerprint density at radius 2 is 2.13 bits per heavy atom. The molecule has 2 atom stereocenters. The Hall–Kier alpha value is -0.120. The van der Waals surface area contributed by atoms with Gasteiger partial charge in [-0.25, -0.2) is 0 Å². The minimum Gasteiger partial charge on any atom is -0.379 e. The lowest BCUT2D eigenvalue weighted by Crippen LogP contribution is -2.47. The third kappa shape index (κ3) is 4.09. The van der Waals surface area contributed by atoms with Crippen LogP contribution in [0, 0.1) is 0 Å². The molecule has 3 nitrogen and oxygen atoms in total. The van der Waals surface area contributed by atoms with Gasteiger partial charge in [-0.15, -0.1) is 0 Å². The molecule has 15 heavy (non-hydrogen) atoms. The first-order valence-corrected chi connectivity index (χ1v) is 6.22. The molecule has 90 valence electrons. The zero-order valence-corrected chi connectivity index (χ0v) is 10.6. The molecule has 3 heteroatoms. The van der Waals surface area contributed by atoms with E-state index in [9.17, 15) is 0 Å². The first-order valence-electron chi connectivity index (χ1n) is 6.22. The van der Waals surface area contributed by atoms with Gasteiger partial charge in [-0.3, -0.25) is 4.90 Å². The van der Waals surface area contributed by atoms with E-state index in [1.54, 1.807) is 0 Å². The fourth-order valence-electron chi connectivity index (χ4n) is 2.50. The van der Waals surface area contributed by atoms with Crippen molar-refractivity contribution in [2.45, 2.75) is 52.2 Å². The van der Waals surface area contributed by atoms with E-state index in [4.69, 9.17) is 4.74 Å². The largest absolute Gasteiger partial charge is 0.379 e. The minimum absolute atomic E-state index is 0.543. The average molecular weight is 214 g/mol. The second kappa shape index (κ2) is 6.46. The SMILES string of the molecule is CCN(C(C)C)C(C)CC1COCCN1. The summed E-state index contributed by atoms with van der Waals surface area (Å²) in [7, 11) is 0. The number of rotatable bonds is 5. The summed E-state index contributed by atoms with van der Waals surface area (Å²) in [5.74, 6) is 0. The second-order valence-corrected chi connectivity index (χ2v) is 4.73. The number of nitrogens with one attached hydrogen (secondary N) is 1. The van der Waals surface area contributed by atoms with Crippen LogP contribution >= 0.6 is 0 Å². The summed E-state index contributed by atoms with van der Waals surface area (Å²) in [6.45, 7) is 13.0. The van der Waals surface area contributed by atoms with E-state index >= 15 is 0 Å². The maximum atomic E-state index is 5.48. The molecule has 1 saturated heterocycles. The van der Waals surface area contributed by atoms with Crippen molar-refractivity contribution in [3.63, 3.8) is 0 Å². The number of morpholine rings is 1. The van der Waals surface area contributed by atoms with Crippen LogP contribution in [0.2, 0.25) is 0 Å². The Kier molecular flexibility index (Phi) is 5.58. The Morgan fingerprint density at radius 3 is 2.60 bits per heavy atom. The number of nitrogens with zero attached hydrogens (tertiary/aromatic N) is 1. The molecule has 0 saturated carbocycles. The van der Waals surface area contributed by atoms with Crippen LogP contribution in [0.1, 0.15) is 34.1 Å². The average Bonchev–Trinajstić information content (AvgIpc) is 2.19. The van der Waals surface area contributed by atoms with E-state index in [1.165, 1.54) is 6.42 Å². The highest BCUT2D eigenvalue weighted by atomic mass is 16.5. The molecule has 0 aromatic heterocycles. The lowest BCUT2D eigenvalue weighted by atomic mass is 10.1. The summed E-state index contributed by atoms with van der Waals surface area (Å²) < 4.78 is 5.48. The molecule has 2 unspecified atom stereocenters. The Morgan fingerprint density at radius 1 is 1.40 bits per heavy atom. The minimum atomic E-state index is 0.543. The van der Waals surface area contributed by atoms with E-state index in [1.807, 2.05) is 0 Å². The van der Waals surface area contributed by atoms with Crippen LogP contribution in [0.4, 0.5) is 0 Å². The Labute approximate surface area is 94.2 Å². The van der Waals surface area contributed by atoms with Crippen molar-refractivity contribution in [1.82, 2.24) is 10.2 Å². The zero-order chi connectivity index (χ0) is 11.3. The van der Waals surface area contributed by atoms with Gasteiger partial charge < -0.3 is 10.1 Å². The van der Waals surface area contributed by atoms with Crippen LogP contribution in [0.15, 0.2) is 0 Å². The highest BCUT2D eigenvalue weighted by Crippen LogP contribution is 2.11. The van der Waals surface area contributed by atoms with E-state index in [0.29, 0.717) is 18.1 Å². The van der Waals surface area contributed by atoms with Gasteiger partial charge in [0.1, 0.15) is 0 Å². The van der Waals surface area contributed by atoms with Crippen molar-refractivity contribution in [2.24, 2.45) is 0 Å². The maximum Gasteiger partial charge on any atom is 0.0620 e. The summed E-state index contributed by atoms with van der Waals surface area (Å²) >= 11 is 0. The molecule has 0 bridgehead atoms. The van der Waals surface area contributed by atoms with Crippen LogP contribution in [0.5, 0.6) is 0 Å². The van der Waals surface area contributed by atoms with Gasteiger partial charge in [0.05, 0.1) is 13.2 Å². The molecule has 0 radical (unpaired) electrons. The van der Waals surface area contributed by atoms with Crippen molar-refractivity contribution in [3.05, 3.63) is 0 Å². The van der Waals surface area contributed by atoms with Gasteiger partial charge in [0.2, 0.25) is 0 Å². The smallest absolute Gasteiger partial charge is 0.0620 e. The molecule has 1 rings (SSSR count). The maximum absolute atomic E-state index is 5.48.